The van der Waals surface area contributed by atoms with Crippen molar-refractivity contribution in [2.75, 3.05) is 0 Å². The first-order chi connectivity index (χ1) is 5.82. The summed E-state index contributed by atoms with van der Waals surface area (Å²) >= 11 is 34.1. The van der Waals surface area contributed by atoms with Crippen molar-refractivity contribution >= 4 is 69.6 Å². The Labute approximate surface area is 106 Å². The van der Waals surface area contributed by atoms with Crippen LogP contribution in [-0.2, 0) is 3.79 Å². The first kappa shape index (κ1) is 12.0. The number of hydrogen-bond acceptors (Lipinski definition) is 0. The predicted octanol–water partition coefficient (Wildman–Crippen LogP) is 5.47. The van der Waals surface area contributed by atoms with E-state index in [1.165, 1.54) is 12.1 Å². The lowest BCUT2D eigenvalue weighted by Crippen LogP contribution is -2.00. The van der Waals surface area contributed by atoms with Crippen LogP contribution in [-0.4, -0.2) is 0 Å². The van der Waals surface area contributed by atoms with E-state index in [0.29, 0.717) is 15.6 Å². The fraction of sp³-hybridized carbons (Fsp3) is 0.143. The van der Waals surface area contributed by atoms with Crippen LogP contribution in [0, 0.1) is 0 Å². The lowest BCUT2D eigenvalue weighted by Gasteiger charge is -2.13. The lowest BCUT2D eigenvalue weighted by atomic mass is 10.2. The molecule has 0 bridgehead atoms. The van der Waals surface area contributed by atoms with Crippen LogP contribution in [0.4, 0.5) is 0 Å². The molecule has 0 aromatic heterocycles. The van der Waals surface area contributed by atoms with Crippen molar-refractivity contribution in [3.05, 3.63) is 32.8 Å². The van der Waals surface area contributed by atoms with Gasteiger partial charge < -0.3 is 0 Å². The zero-order chi connectivity index (χ0) is 10.2. The minimum atomic E-state index is -1.59. The fourth-order valence-electron chi connectivity index (χ4n) is 0.740. The van der Waals surface area contributed by atoms with E-state index in [1.54, 1.807) is 0 Å². The van der Waals surface area contributed by atoms with Crippen LogP contribution in [0.15, 0.2) is 12.1 Å². The zero-order valence-corrected chi connectivity index (χ0v) is 10.5. The van der Waals surface area contributed by atoms with E-state index in [2.05, 4.69) is 0 Å². The average Bonchev–Trinajstić information content (AvgIpc) is 1.94. The molecule has 0 spiro atoms. The second kappa shape index (κ2) is 4.22. The molecular formula is C7H2Cl6. The SMILES string of the molecule is Clc1cc(Cl)c(C(Cl)(Cl)Cl)cc1Cl. The van der Waals surface area contributed by atoms with Gasteiger partial charge >= 0.3 is 0 Å². The summed E-state index contributed by atoms with van der Waals surface area (Å²) in [6.45, 7) is 0. The summed E-state index contributed by atoms with van der Waals surface area (Å²) in [7, 11) is 0. The number of alkyl halides is 3. The standard InChI is InChI=1S/C7H2Cl6/c8-4-2-6(10)5(9)1-3(4)7(11,12)13/h1-2H. The maximum absolute atomic E-state index is 5.79. The van der Waals surface area contributed by atoms with E-state index in [9.17, 15) is 0 Å². The van der Waals surface area contributed by atoms with Crippen LogP contribution in [0.5, 0.6) is 0 Å². The summed E-state index contributed by atoms with van der Waals surface area (Å²) in [6, 6.07) is 2.86. The van der Waals surface area contributed by atoms with Crippen LogP contribution >= 0.6 is 69.6 Å². The van der Waals surface area contributed by atoms with Crippen LogP contribution < -0.4 is 0 Å². The highest BCUT2D eigenvalue weighted by molar-refractivity contribution is 6.67. The first-order valence-electron chi connectivity index (χ1n) is 3.04. The Balaban J connectivity index is 3.32. The molecule has 0 aliphatic carbocycles. The molecule has 0 N–H and O–H groups in total. The van der Waals surface area contributed by atoms with Crippen LogP contribution in [0.25, 0.3) is 0 Å². The molecule has 1 aromatic carbocycles. The molecule has 1 aromatic rings. The maximum Gasteiger partial charge on any atom is 0.217 e. The Morgan fingerprint density at radius 2 is 1.23 bits per heavy atom. The van der Waals surface area contributed by atoms with Crippen molar-refractivity contribution in [2.24, 2.45) is 0 Å². The molecular weight excluding hydrogens is 297 g/mol. The molecule has 0 radical (unpaired) electrons. The minimum absolute atomic E-state index is 0.273. The molecule has 1 rings (SSSR count). The molecule has 0 atom stereocenters. The molecule has 0 fully saturated rings. The van der Waals surface area contributed by atoms with Crippen molar-refractivity contribution in [3.63, 3.8) is 0 Å². The topological polar surface area (TPSA) is 0 Å². The third kappa shape index (κ3) is 2.95. The summed E-state index contributed by atoms with van der Waals surface area (Å²) in [4.78, 5) is 0. The van der Waals surface area contributed by atoms with Gasteiger partial charge in [0.2, 0.25) is 3.79 Å². The van der Waals surface area contributed by atoms with Gasteiger partial charge in [0.25, 0.3) is 0 Å². The molecule has 0 aliphatic rings. The second-order valence-electron chi connectivity index (χ2n) is 2.24. The zero-order valence-electron chi connectivity index (χ0n) is 5.92. The monoisotopic (exact) mass is 296 g/mol. The Bertz CT molecular complexity index is 326. The highest BCUT2D eigenvalue weighted by Gasteiger charge is 2.26. The molecule has 0 saturated heterocycles. The smallest absolute Gasteiger partial charge is 0.0838 e. The summed E-state index contributed by atoms with van der Waals surface area (Å²) < 4.78 is -1.59. The van der Waals surface area contributed by atoms with E-state index in [1.807, 2.05) is 0 Å². The van der Waals surface area contributed by atoms with E-state index in [4.69, 9.17) is 69.6 Å². The highest BCUT2D eigenvalue weighted by Crippen LogP contribution is 2.44. The van der Waals surface area contributed by atoms with Gasteiger partial charge in [-0.05, 0) is 12.1 Å². The summed E-state index contributed by atoms with van der Waals surface area (Å²) in [6.07, 6.45) is 0. The van der Waals surface area contributed by atoms with Gasteiger partial charge in [0, 0.05) is 10.6 Å². The maximum atomic E-state index is 5.79. The van der Waals surface area contributed by atoms with Crippen molar-refractivity contribution in [2.45, 2.75) is 3.79 Å². The average molecular weight is 299 g/mol. The van der Waals surface area contributed by atoms with Gasteiger partial charge in [-0.1, -0.05) is 69.6 Å². The molecule has 6 heteroatoms. The Morgan fingerprint density at radius 1 is 0.769 bits per heavy atom. The van der Waals surface area contributed by atoms with Gasteiger partial charge in [-0.25, -0.2) is 0 Å². The van der Waals surface area contributed by atoms with Crippen LogP contribution in [0.1, 0.15) is 5.56 Å². The van der Waals surface area contributed by atoms with Crippen LogP contribution in [0.2, 0.25) is 15.1 Å². The molecule has 0 unspecified atom stereocenters. The Kier molecular flexibility index (Phi) is 3.91. The molecule has 0 amide bonds. The Morgan fingerprint density at radius 3 is 1.69 bits per heavy atom. The first-order valence-corrected chi connectivity index (χ1v) is 5.31. The molecule has 0 heterocycles. The van der Waals surface area contributed by atoms with E-state index in [0.717, 1.165) is 0 Å². The van der Waals surface area contributed by atoms with Gasteiger partial charge in [-0.3, -0.25) is 0 Å². The molecule has 72 valence electrons. The Hall–Kier alpha value is 0.960. The van der Waals surface area contributed by atoms with E-state index in [-0.39, 0.29) is 5.02 Å². The number of halogens is 6. The summed E-state index contributed by atoms with van der Waals surface area (Å²) in [5.41, 5.74) is 0.313. The minimum Gasteiger partial charge on any atom is -0.0838 e. The van der Waals surface area contributed by atoms with Gasteiger partial charge in [0.15, 0.2) is 0 Å². The number of hydrogen-bond donors (Lipinski definition) is 0. The fourth-order valence-corrected chi connectivity index (χ4v) is 2.04. The van der Waals surface area contributed by atoms with Gasteiger partial charge in [-0.15, -0.1) is 0 Å². The summed E-state index contributed by atoms with van der Waals surface area (Å²) in [5, 5.41) is 0.895. The van der Waals surface area contributed by atoms with Gasteiger partial charge in [0.1, 0.15) is 0 Å². The van der Waals surface area contributed by atoms with Crippen molar-refractivity contribution in [3.8, 4) is 0 Å². The second-order valence-corrected chi connectivity index (χ2v) is 5.75. The third-order valence-corrected chi connectivity index (χ3v) is 2.96. The van der Waals surface area contributed by atoms with E-state index < -0.39 is 3.79 Å². The number of rotatable bonds is 0. The molecule has 13 heavy (non-hydrogen) atoms. The third-order valence-electron chi connectivity index (χ3n) is 1.32. The number of benzene rings is 1. The lowest BCUT2D eigenvalue weighted by molar-refractivity contribution is 1.24. The summed E-state index contributed by atoms with van der Waals surface area (Å²) in [5.74, 6) is 0. The van der Waals surface area contributed by atoms with E-state index >= 15 is 0 Å². The van der Waals surface area contributed by atoms with Crippen molar-refractivity contribution < 1.29 is 0 Å². The van der Waals surface area contributed by atoms with Gasteiger partial charge in [0.05, 0.1) is 10.0 Å². The predicted molar refractivity (Wildman–Crippen MR) is 60.7 cm³/mol. The van der Waals surface area contributed by atoms with Crippen LogP contribution in [0.3, 0.4) is 0 Å². The highest BCUT2D eigenvalue weighted by atomic mass is 35.6. The van der Waals surface area contributed by atoms with Crippen molar-refractivity contribution in [1.82, 2.24) is 0 Å². The van der Waals surface area contributed by atoms with Crippen molar-refractivity contribution in [1.29, 1.82) is 0 Å². The quantitative estimate of drug-likeness (QED) is 0.440. The largest absolute Gasteiger partial charge is 0.217 e. The molecule has 0 saturated carbocycles. The molecule has 0 nitrogen and oxygen atoms in total. The molecule has 0 aliphatic heterocycles. The normalized spacial score (nSPS) is 11.8. The van der Waals surface area contributed by atoms with Gasteiger partial charge in [-0.2, -0.15) is 0 Å².